The van der Waals surface area contributed by atoms with Gasteiger partial charge in [-0.2, -0.15) is 0 Å². The van der Waals surface area contributed by atoms with Crippen molar-refractivity contribution in [1.82, 2.24) is 25.8 Å². The van der Waals surface area contributed by atoms with Gasteiger partial charge in [0.1, 0.15) is 23.7 Å². The molecule has 3 aromatic heterocycles. The van der Waals surface area contributed by atoms with E-state index in [0.717, 1.165) is 0 Å². The summed E-state index contributed by atoms with van der Waals surface area (Å²) in [6.45, 7) is 4.86. The fraction of sp³-hybridized carbons (Fsp3) is 0.353. The SMILES string of the molecule is CCNC(=NCc1nc(-c2ccco2)n[nH]1)NCC(C)(O)c1ccco1. The van der Waals surface area contributed by atoms with E-state index in [1.54, 1.807) is 37.5 Å². The van der Waals surface area contributed by atoms with Crippen LogP contribution in [0.1, 0.15) is 25.4 Å². The van der Waals surface area contributed by atoms with Crippen molar-refractivity contribution < 1.29 is 13.9 Å². The molecule has 3 heterocycles. The first-order valence-corrected chi connectivity index (χ1v) is 8.32. The van der Waals surface area contributed by atoms with E-state index in [2.05, 4.69) is 30.8 Å². The number of rotatable bonds is 7. The first-order valence-electron chi connectivity index (χ1n) is 8.32. The summed E-state index contributed by atoms with van der Waals surface area (Å²) in [5.41, 5.74) is -1.15. The molecule has 0 fully saturated rings. The van der Waals surface area contributed by atoms with Crippen LogP contribution in [0.2, 0.25) is 0 Å². The van der Waals surface area contributed by atoms with E-state index >= 15 is 0 Å². The van der Waals surface area contributed by atoms with Crippen LogP contribution in [-0.2, 0) is 12.1 Å². The highest BCUT2D eigenvalue weighted by Gasteiger charge is 2.26. The number of hydrogen-bond acceptors (Lipinski definition) is 6. The minimum absolute atomic E-state index is 0.237. The van der Waals surface area contributed by atoms with Gasteiger partial charge in [-0.05, 0) is 38.1 Å². The standard InChI is InChI=1S/C17H22N6O3/c1-3-18-16(20-11-17(2,24)13-7-5-9-26-13)19-10-14-21-15(23-22-14)12-6-4-8-25-12/h4-9,24H,3,10-11H2,1-2H3,(H2,18,19,20)(H,21,22,23). The quantitative estimate of drug-likeness (QED) is 0.374. The molecule has 0 bridgehead atoms. The minimum Gasteiger partial charge on any atom is -0.466 e. The van der Waals surface area contributed by atoms with Crippen molar-refractivity contribution in [3.8, 4) is 11.6 Å². The van der Waals surface area contributed by atoms with Crippen LogP contribution in [0.25, 0.3) is 11.6 Å². The van der Waals surface area contributed by atoms with E-state index in [-0.39, 0.29) is 6.54 Å². The van der Waals surface area contributed by atoms with Gasteiger partial charge in [0, 0.05) is 6.54 Å². The molecule has 3 rings (SSSR count). The summed E-state index contributed by atoms with van der Waals surface area (Å²) in [4.78, 5) is 8.80. The number of aliphatic hydroxyl groups is 1. The van der Waals surface area contributed by atoms with Crippen molar-refractivity contribution in [3.63, 3.8) is 0 Å². The third-order valence-electron chi connectivity index (χ3n) is 3.66. The second-order valence-electron chi connectivity index (χ2n) is 5.88. The van der Waals surface area contributed by atoms with E-state index in [1.807, 2.05) is 6.92 Å². The molecule has 0 amide bonds. The van der Waals surface area contributed by atoms with Crippen LogP contribution in [0.4, 0.5) is 0 Å². The van der Waals surface area contributed by atoms with Crippen LogP contribution in [0.15, 0.2) is 50.6 Å². The lowest BCUT2D eigenvalue weighted by Gasteiger charge is -2.22. The van der Waals surface area contributed by atoms with Crippen molar-refractivity contribution in [2.45, 2.75) is 26.0 Å². The zero-order valence-corrected chi connectivity index (χ0v) is 14.7. The second kappa shape index (κ2) is 7.87. The van der Waals surface area contributed by atoms with Gasteiger partial charge in [0.25, 0.3) is 0 Å². The van der Waals surface area contributed by atoms with Gasteiger partial charge in [0.15, 0.2) is 11.7 Å². The molecule has 9 nitrogen and oxygen atoms in total. The Morgan fingerprint density at radius 1 is 1.27 bits per heavy atom. The summed E-state index contributed by atoms with van der Waals surface area (Å²) < 4.78 is 10.5. The first-order chi connectivity index (χ1) is 12.6. The molecule has 4 N–H and O–H groups in total. The topological polar surface area (TPSA) is 124 Å². The van der Waals surface area contributed by atoms with Crippen LogP contribution in [0, 0.1) is 0 Å². The molecule has 1 atom stereocenters. The van der Waals surface area contributed by atoms with Crippen molar-refractivity contribution in [3.05, 3.63) is 48.4 Å². The number of H-pyrrole nitrogens is 1. The smallest absolute Gasteiger partial charge is 0.216 e. The van der Waals surface area contributed by atoms with Crippen molar-refractivity contribution in [2.24, 2.45) is 4.99 Å². The number of nitrogens with one attached hydrogen (secondary N) is 3. The average Bonchev–Trinajstić information content (AvgIpc) is 3.39. The highest BCUT2D eigenvalue weighted by atomic mass is 16.4. The Morgan fingerprint density at radius 3 is 2.77 bits per heavy atom. The van der Waals surface area contributed by atoms with Gasteiger partial charge in [-0.3, -0.25) is 5.10 Å². The number of hydrogen-bond donors (Lipinski definition) is 4. The maximum atomic E-state index is 10.5. The maximum absolute atomic E-state index is 10.5. The maximum Gasteiger partial charge on any atom is 0.216 e. The Morgan fingerprint density at radius 2 is 2.08 bits per heavy atom. The molecular weight excluding hydrogens is 336 g/mol. The van der Waals surface area contributed by atoms with Gasteiger partial charge in [-0.15, -0.1) is 5.10 Å². The number of aromatic nitrogens is 3. The van der Waals surface area contributed by atoms with Gasteiger partial charge in [-0.1, -0.05) is 0 Å². The minimum atomic E-state index is -1.15. The van der Waals surface area contributed by atoms with Crippen LogP contribution in [-0.4, -0.2) is 39.3 Å². The molecule has 0 spiro atoms. The van der Waals surface area contributed by atoms with Crippen molar-refractivity contribution in [1.29, 1.82) is 0 Å². The van der Waals surface area contributed by atoms with Crippen LogP contribution >= 0.6 is 0 Å². The molecule has 26 heavy (non-hydrogen) atoms. The molecule has 0 radical (unpaired) electrons. The number of furan rings is 2. The molecule has 9 heteroatoms. The molecule has 0 aliphatic carbocycles. The first kappa shape index (κ1) is 17.7. The average molecular weight is 358 g/mol. The predicted octanol–water partition coefficient (Wildman–Crippen LogP) is 1.62. The van der Waals surface area contributed by atoms with Gasteiger partial charge < -0.3 is 24.6 Å². The molecule has 3 aromatic rings. The predicted molar refractivity (Wildman–Crippen MR) is 95.2 cm³/mol. The highest BCUT2D eigenvalue weighted by molar-refractivity contribution is 5.79. The Hall–Kier alpha value is -3.07. The van der Waals surface area contributed by atoms with E-state index in [4.69, 9.17) is 8.83 Å². The Labute approximate surface area is 150 Å². The summed E-state index contributed by atoms with van der Waals surface area (Å²) in [5.74, 6) is 2.72. The number of aromatic amines is 1. The summed E-state index contributed by atoms with van der Waals surface area (Å²) in [6.07, 6.45) is 3.10. The zero-order valence-electron chi connectivity index (χ0n) is 14.7. The largest absolute Gasteiger partial charge is 0.466 e. The molecule has 1 unspecified atom stereocenters. The third-order valence-corrected chi connectivity index (χ3v) is 3.66. The van der Waals surface area contributed by atoms with Gasteiger partial charge in [0.05, 0.1) is 19.1 Å². The molecule has 0 aliphatic heterocycles. The molecule has 0 aliphatic rings. The monoisotopic (exact) mass is 358 g/mol. The third kappa shape index (κ3) is 4.31. The molecule has 0 saturated heterocycles. The number of aliphatic imine (C=N–C) groups is 1. The van der Waals surface area contributed by atoms with Crippen LogP contribution in [0.5, 0.6) is 0 Å². The van der Waals surface area contributed by atoms with Crippen LogP contribution < -0.4 is 10.6 Å². The zero-order chi connectivity index (χ0) is 18.4. The number of nitrogens with zero attached hydrogens (tertiary/aromatic N) is 3. The van der Waals surface area contributed by atoms with E-state index in [1.165, 1.54) is 6.26 Å². The lowest BCUT2D eigenvalue weighted by atomic mass is 10.0. The summed E-state index contributed by atoms with van der Waals surface area (Å²) in [7, 11) is 0. The molecule has 0 aromatic carbocycles. The Bertz CT molecular complexity index is 821. The van der Waals surface area contributed by atoms with Crippen molar-refractivity contribution >= 4 is 5.96 Å². The Balaban J connectivity index is 1.62. The lowest BCUT2D eigenvalue weighted by molar-refractivity contribution is 0.0386. The van der Waals surface area contributed by atoms with Gasteiger partial charge >= 0.3 is 0 Å². The van der Waals surface area contributed by atoms with Crippen molar-refractivity contribution in [2.75, 3.05) is 13.1 Å². The summed E-state index contributed by atoms with van der Waals surface area (Å²) in [6, 6.07) is 7.04. The molecule has 0 saturated carbocycles. The van der Waals surface area contributed by atoms with Crippen LogP contribution in [0.3, 0.4) is 0 Å². The van der Waals surface area contributed by atoms with Gasteiger partial charge in [0.2, 0.25) is 5.82 Å². The van der Waals surface area contributed by atoms with E-state index < -0.39 is 5.60 Å². The summed E-state index contributed by atoms with van der Waals surface area (Å²) >= 11 is 0. The second-order valence-corrected chi connectivity index (χ2v) is 5.88. The highest BCUT2D eigenvalue weighted by Crippen LogP contribution is 2.19. The molecular formula is C17H22N6O3. The molecule has 138 valence electrons. The lowest BCUT2D eigenvalue weighted by Crippen LogP contribution is -2.44. The fourth-order valence-electron chi connectivity index (χ4n) is 2.31. The Kier molecular flexibility index (Phi) is 5.37. The van der Waals surface area contributed by atoms with E-state index in [0.29, 0.717) is 42.2 Å². The van der Waals surface area contributed by atoms with Gasteiger partial charge in [-0.25, -0.2) is 9.98 Å². The fourth-order valence-corrected chi connectivity index (χ4v) is 2.31. The van der Waals surface area contributed by atoms with E-state index in [9.17, 15) is 5.11 Å². The number of guanidine groups is 1. The normalized spacial score (nSPS) is 14.2. The summed E-state index contributed by atoms with van der Waals surface area (Å²) in [5, 5.41) is 23.7.